The average Bonchev–Trinajstić information content (AvgIpc) is 2.68. The topological polar surface area (TPSA) is 37.4 Å². The van der Waals surface area contributed by atoms with E-state index in [0.717, 1.165) is 17.3 Å². The van der Waals surface area contributed by atoms with E-state index in [4.69, 9.17) is 0 Å². The summed E-state index contributed by atoms with van der Waals surface area (Å²) in [6.45, 7) is 2.86. The number of hydrogen-bond acceptors (Lipinski definition) is 2. The lowest BCUT2D eigenvalue weighted by atomic mass is 10.0. The van der Waals surface area contributed by atoms with Gasteiger partial charge in [0.2, 0.25) is 10.0 Å². The Morgan fingerprint density at radius 1 is 0.714 bits per heavy atom. The van der Waals surface area contributed by atoms with E-state index in [2.05, 4.69) is 22.9 Å². The number of hydrogen-bond donors (Lipinski definition) is 0. The molecule has 162 valence electrons. The summed E-state index contributed by atoms with van der Waals surface area (Å²) in [6.07, 6.45) is 18.4. The predicted octanol–water partition coefficient (Wildman–Crippen LogP) is 7.55. The fourth-order valence-corrected chi connectivity index (χ4v) is 4.91. The zero-order valence-electron chi connectivity index (χ0n) is 18.0. The lowest BCUT2D eigenvalue weighted by Gasteiger charge is -2.17. The van der Waals surface area contributed by atoms with E-state index in [1.807, 2.05) is 0 Å². The van der Waals surface area contributed by atoms with Crippen LogP contribution in [0.2, 0.25) is 0 Å². The van der Waals surface area contributed by atoms with Gasteiger partial charge in [0.15, 0.2) is 0 Å². The Balaban J connectivity index is 2.00. The first kappa shape index (κ1) is 25.6. The van der Waals surface area contributed by atoms with Crippen LogP contribution in [0.4, 0.5) is 0 Å². The molecule has 0 unspecified atom stereocenters. The molecule has 0 saturated heterocycles. The first-order valence-electron chi connectivity index (χ1n) is 11.2. The van der Waals surface area contributed by atoms with Crippen molar-refractivity contribution in [2.45, 2.75) is 102 Å². The molecule has 0 spiro atoms. The molecule has 0 aliphatic rings. The van der Waals surface area contributed by atoms with Crippen LogP contribution in [0.3, 0.4) is 0 Å². The molecule has 0 amide bonds. The van der Waals surface area contributed by atoms with Gasteiger partial charge in [-0.2, -0.15) is 0 Å². The van der Waals surface area contributed by atoms with Gasteiger partial charge in [-0.15, -0.1) is 0 Å². The van der Waals surface area contributed by atoms with Gasteiger partial charge in [-0.25, -0.2) is 12.7 Å². The minimum Gasteiger partial charge on any atom is -0.207 e. The van der Waals surface area contributed by atoms with Crippen molar-refractivity contribution in [3.63, 3.8) is 0 Å². The lowest BCUT2D eigenvalue weighted by molar-refractivity contribution is 0.447. The third-order valence-corrected chi connectivity index (χ3v) is 7.75. The highest BCUT2D eigenvalue weighted by Crippen LogP contribution is 2.19. The summed E-state index contributed by atoms with van der Waals surface area (Å²) >= 11 is 3.34. The Morgan fingerprint density at radius 3 is 1.54 bits per heavy atom. The number of nitrogens with zero attached hydrogens (tertiary/aromatic N) is 1. The van der Waals surface area contributed by atoms with Crippen molar-refractivity contribution >= 4 is 26.0 Å². The van der Waals surface area contributed by atoms with E-state index in [1.54, 1.807) is 31.3 Å². The molecule has 0 bridgehead atoms. The molecule has 1 rings (SSSR count). The molecule has 1 aromatic carbocycles. The van der Waals surface area contributed by atoms with Gasteiger partial charge in [0, 0.05) is 18.1 Å². The first-order valence-corrected chi connectivity index (χ1v) is 13.4. The summed E-state index contributed by atoms with van der Waals surface area (Å²) in [7, 11) is -1.68. The summed E-state index contributed by atoms with van der Waals surface area (Å²) in [4.78, 5) is 0.364. The molecular formula is C23H40BrNO2S. The maximum Gasteiger partial charge on any atom is 0.242 e. The highest BCUT2D eigenvalue weighted by atomic mass is 79.9. The van der Waals surface area contributed by atoms with Crippen LogP contribution in [0.15, 0.2) is 33.6 Å². The molecule has 0 aliphatic heterocycles. The summed E-state index contributed by atoms with van der Waals surface area (Å²) in [5, 5.41) is 0. The van der Waals surface area contributed by atoms with E-state index < -0.39 is 10.0 Å². The smallest absolute Gasteiger partial charge is 0.207 e. The van der Waals surface area contributed by atoms with Gasteiger partial charge in [0.1, 0.15) is 0 Å². The minimum absolute atomic E-state index is 0.364. The number of unbranched alkanes of at least 4 members (excludes halogenated alkanes) is 13. The standard InChI is InChI=1S/C23H40BrNO2S/c1-3-4-5-6-7-8-9-10-11-12-13-14-15-16-21-25(2)28(26,27)23-19-17-22(24)18-20-23/h17-20H,3-16,21H2,1-2H3. The SMILES string of the molecule is CCCCCCCCCCCCCCCCN(C)S(=O)(=O)c1ccc(Br)cc1. The fraction of sp³-hybridized carbons (Fsp3) is 0.739. The second kappa shape index (κ2) is 15.4. The van der Waals surface area contributed by atoms with Gasteiger partial charge in [0.25, 0.3) is 0 Å². The lowest BCUT2D eigenvalue weighted by Crippen LogP contribution is -2.27. The predicted molar refractivity (Wildman–Crippen MR) is 124 cm³/mol. The molecule has 0 N–H and O–H groups in total. The van der Waals surface area contributed by atoms with Gasteiger partial charge >= 0.3 is 0 Å². The Hall–Kier alpha value is -0.390. The molecule has 0 atom stereocenters. The van der Waals surface area contributed by atoms with Crippen molar-refractivity contribution in [2.24, 2.45) is 0 Å². The number of rotatable bonds is 17. The first-order chi connectivity index (χ1) is 13.5. The van der Waals surface area contributed by atoms with Crippen LogP contribution in [0, 0.1) is 0 Å². The van der Waals surface area contributed by atoms with Gasteiger partial charge < -0.3 is 0 Å². The van der Waals surface area contributed by atoms with E-state index in [9.17, 15) is 8.42 Å². The monoisotopic (exact) mass is 473 g/mol. The quantitative estimate of drug-likeness (QED) is 0.219. The van der Waals surface area contributed by atoms with Crippen molar-refractivity contribution in [1.29, 1.82) is 0 Å². The zero-order chi connectivity index (χ0) is 20.7. The molecule has 28 heavy (non-hydrogen) atoms. The highest BCUT2D eigenvalue weighted by molar-refractivity contribution is 9.10. The van der Waals surface area contributed by atoms with Crippen molar-refractivity contribution in [3.05, 3.63) is 28.7 Å². The Labute approximate surface area is 182 Å². The second-order valence-corrected chi connectivity index (χ2v) is 10.8. The average molecular weight is 475 g/mol. The van der Waals surface area contributed by atoms with E-state index in [-0.39, 0.29) is 0 Å². The molecule has 0 aromatic heterocycles. The minimum atomic E-state index is -3.36. The summed E-state index contributed by atoms with van der Waals surface area (Å²) < 4.78 is 27.4. The highest BCUT2D eigenvalue weighted by Gasteiger charge is 2.19. The van der Waals surface area contributed by atoms with E-state index in [1.165, 1.54) is 81.4 Å². The second-order valence-electron chi connectivity index (χ2n) is 7.88. The molecule has 0 fully saturated rings. The van der Waals surface area contributed by atoms with Crippen molar-refractivity contribution in [3.8, 4) is 0 Å². The van der Waals surface area contributed by atoms with Crippen LogP contribution >= 0.6 is 15.9 Å². The van der Waals surface area contributed by atoms with Crippen LogP contribution in [0.5, 0.6) is 0 Å². The number of sulfonamides is 1. The number of halogens is 1. The third-order valence-electron chi connectivity index (χ3n) is 5.35. The van der Waals surface area contributed by atoms with Gasteiger partial charge in [-0.05, 0) is 30.7 Å². The van der Waals surface area contributed by atoms with Crippen LogP contribution < -0.4 is 0 Å². The van der Waals surface area contributed by atoms with Gasteiger partial charge in [0.05, 0.1) is 4.90 Å². The molecule has 3 nitrogen and oxygen atoms in total. The van der Waals surface area contributed by atoms with Gasteiger partial charge in [-0.1, -0.05) is 106 Å². The number of benzene rings is 1. The molecule has 5 heteroatoms. The largest absolute Gasteiger partial charge is 0.242 e. The van der Waals surface area contributed by atoms with Gasteiger partial charge in [-0.3, -0.25) is 0 Å². The molecule has 0 heterocycles. The molecule has 0 radical (unpaired) electrons. The normalized spacial score (nSPS) is 12.0. The van der Waals surface area contributed by atoms with Crippen LogP contribution in [0.25, 0.3) is 0 Å². The Morgan fingerprint density at radius 2 is 1.11 bits per heavy atom. The van der Waals surface area contributed by atoms with E-state index in [0.29, 0.717) is 11.4 Å². The van der Waals surface area contributed by atoms with Crippen LogP contribution in [0.1, 0.15) is 96.8 Å². The zero-order valence-corrected chi connectivity index (χ0v) is 20.4. The van der Waals surface area contributed by atoms with Crippen LogP contribution in [-0.4, -0.2) is 26.3 Å². The van der Waals surface area contributed by atoms with Crippen molar-refractivity contribution in [2.75, 3.05) is 13.6 Å². The maximum atomic E-state index is 12.5. The Kier molecular flexibility index (Phi) is 14.2. The van der Waals surface area contributed by atoms with Crippen molar-refractivity contribution in [1.82, 2.24) is 4.31 Å². The third kappa shape index (κ3) is 11.0. The molecule has 0 saturated carbocycles. The molecule has 1 aromatic rings. The maximum absolute atomic E-state index is 12.5. The van der Waals surface area contributed by atoms with E-state index >= 15 is 0 Å². The summed E-state index contributed by atoms with van der Waals surface area (Å²) in [5.41, 5.74) is 0. The fourth-order valence-electron chi connectivity index (χ4n) is 3.44. The van der Waals surface area contributed by atoms with Crippen molar-refractivity contribution < 1.29 is 8.42 Å². The Bertz CT molecular complexity index is 602. The molecule has 0 aliphatic carbocycles. The summed E-state index contributed by atoms with van der Waals surface area (Å²) in [5.74, 6) is 0. The summed E-state index contributed by atoms with van der Waals surface area (Å²) in [6, 6.07) is 6.85. The molecular weight excluding hydrogens is 434 g/mol. The van der Waals surface area contributed by atoms with Crippen LogP contribution in [-0.2, 0) is 10.0 Å².